The highest BCUT2D eigenvalue weighted by Crippen LogP contribution is 2.29. The second-order valence-electron chi connectivity index (χ2n) is 6.28. The van der Waals surface area contributed by atoms with E-state index in [9.17, 15) is 18.3 Å². The van der Waals surface area contributed by atoms with Gasteiger partial charge in [-0.05, 0) is 39.0 Å². The van der Waals surface area contributed by atoms with Gasteiger partial charge in [0.2, 0.25) is 10.0 Å². The smallest absolute Gasteiger partial charge is 0.352 e. The van der Waals surface area contributed by atoms with Crippen LogP contribution < -0.4 is 0 Å². The number of hydrogen-bond acceptors (Lipinski definition) is 3. The zero-order valence-corrected chi connectivity index (χ0v) is 14.7. The minimum atomic E-state index is -3.75. The van der Waals surface area contributed by atoms with Gasteiger partial charge in [0.15, 0.2) is 0 Å². The summed E-state index contributed by atoms with van der Waals surface area (Å²) in [6.07, 6.45) is 1.93. The van der Waals surface area contributed by atoms with E-state index < -0.39 is 16.0 Å². The molecule has 1 aliphatic heterocycles. The van der Waals surface area contributed by atoms with E-state index in [1.807, 2.05) is 36.7 Å². The quantitative estimate of drug-likeness (QED) is 0.914. The zero-order valence-electron chi connectivity index (χ0n) is 13.9. The molecule has 2 aromatic heterocycles. The molecule has 0 unspecified atom stereocenters. The van der Waals surface area contributed by atoms with Crippen molar-refractivity contribution >= 4 is 16.0 Å². The maximum atomic E-state index is 13.1. The van der Waals surface area contributed by atoms with Crippen molar-refractivity contribution in [3.63, 3.8) is 0 Å². The number of carboxylic acid groups (broad SMARTS) is 1. The number of carboxylic acids is 1. The molecule has 7 nitrogen and oxygen atoms in total. The van der Waals surface area contributed by atoms with Crippen molar-refractivity contribution in [2.24, 2.45) is 0 Å². The second-order valence-corrected chi connectivity index (χ2v) is 8.19. The highest BCUT2D eigenvalue weighted by molar-refractivity contribution is 7.89. The zero-order chi connectivity index (χ0) is 17.6. The Hall–Kier alpha value is -2.06. The molecule has 24 heavy (non-hydrogen) atoms. The van der Waals surface area contributed by atoms with E-state index in [4.69, 9.17) is 0 Å². The average molecular weight is 351 g/mol. The van der Waals surface area contributed by atoms with Gasteiger partial charge >= 0.3 is 5.97 Å². The maximum absolute atomic E-state index is 13.1. The number of fused-ring (bicyclic) bond motifs is 1. The maximum Gasteiger partial charge on any atom is 0.352 e. The Morgan fingerprint density at radius 1 is 1.29 bits per heavy atom. The number of carbonyl (C=O) groups is 1. The monoisotopic (exact) mass is 351 g/mol. The summed E-state index contributed by atoms with van der Waals surface area (Å²) in [7, 11) is -3.75. The minimum absolute atomic E-state index is 0.00135. The van der Waals surface area contributed by atoms with Crippen LogP contribution in [0.5, 0.6) is 0 Å². The highest BCUT2D eigenvalue weighted by atomic mass is 32.2. The Morgan fingerprint density at radius 3 is 2.58 bits per heavy atom. The van der Waals surface area contributed by atoms with Gasteiger partial charge in [-0.3, -0.25) is 0 Å². The number of hydrogen-bond donors (Lipinski definition) is 1. The third-order valence-corrected chi connectivity index (χ3v) is 6.41. The lowest BCUT2D eigenvalue weighted by Crippen LogP contribution is -2.38. The molecule has 8 heteroatoms. The third kappa shape index (κ3) is 2.55. The predicted octanol–water partition coefficient (Wildman–Crippen LogP) is 2.08. The van der Waals surface area contributed by atoms with Crippen LogP contribution in [0.25, 0.3) is 0 Å². The number of aromatic nitrogens is 2. The van der Waals surface area contributed by atoms with Crippen LogP contribution in [0.2, 0.25) is 0 Å². The van der Waals surface area contributed by atoms with Crippen molar-refractivity contribution in [1.82, 2.24) is 13.4 Å². The molecule has 0 saturated heterocycles. The molecule has 0 spiro atoms. The average Bonchev–Trinajstić information content (AvgIpc) is 3.10. The van der Waals surface area contributed by atoms with Gasteiger partial charge < -0.3 is 14.2 Å². The Labute approximate surface area is 141 Å². The van der Waals surface area contributed by atoms with Gasteiger partial charge in [0.05, 0.1) is 6.54 Å². The van der Waals surface area contributed by atoms with Crippen LogP contribution >= 0.6 is 0 Å². The largest absolute Gasteiger partial charge is 0.477 e. The summed E-state index contributed by atoms with van der Waals surface area (Å²) in [6.45, 7) is 6.60. The van der Waals surface area contributed by atoms with Crippen LogP contribution in [0.4, 0.5) is 0 Å². The molecule has 3 heterocycles. The standard InChI is InChI=1S/C16H21N3O4S/c1-11(2)19-12(3)15(9-14(19)16(20)21)24(22,23)18-8-7-17-6-4-5-13(17)10-18/h4-6,9,11H,7-8,10H2,1-3H3,(H,20,21). The fourth-order valence-corrected chi connectivity index (χ4v) is 4.96. The minimum Gasteiger partial charge on any atom is -0.477 e. The Balaban J connectivity index is 2.05. The lowest BCUT2D eigenvalue weighted by atomic mass is 10.3. The van der Waals surface area contributed by atoms with Crippen molar-refractivity contribution in [3.05, 3.63) is 41.5 Å². The Kier molecular flexibility index (Phi) is 4.05. The SMILES string of the molecule is Cc1c(S(=O)(=O)N2CCn3cccc3C2)cc(C(=O)O)n1C(C)C. The summed E-state index contributed by atoms with van der Waals surface area (Å²) in [5, 5.41) is 9.40. The van der Waals surface area contributed by atoms with Gasteiger partial charge in [0, 0.05) is 36.7 Å². The van der Waals surface area contributed by atoms with Gasteiger partial charge in [-0.25, -0.2) is 13.2 Å². The van der Waals surface area contributed by atoms with Gasteiger partial charge in [-0.2, -0.15) is 4.31 Å². The van der Waals surface area contributed by atoms with E-state index in [-0.39, 0.29) is 16.6 Å². The van der Waals surface area contributed by atoms with E-state index in [0.29, 0.717) is 25.3 Å². The molecule has 2 aromatic rings. The van der Waals surface area contributed by atoms with Crippen molar-refractivity contribution in [1.29, 1.82) is 0 Å². The first-order valence-corrected chi connectivity index (χ1v) is 9.26. The van der Waals surface area contributed by atoms with Gasteiger partial charge in [0.25, 0.3) is 0 Å². The predicted molar refractivity (Wildman–Crippen MR) is 88.5 cm³/mol. The fourth-order valence-electron chi connectivity index (χ4n) is 3.32. The molecule has 1 N–H and O–H groups in total. The van der Waals surface area contributed by atoms with Crippen LogP contribution in [-0.2, 0) is 23.1 Å². The number of rotatable bonds is 4. The fraction of sp³-hybridized carbons (Fsp3) is 0.438. The normalized spacial score (nSPS) is 15.7. The van der Waals surface area contributed by atoms with Crippen molar-refractivity contribution in [3.8, 4) is 0 Å². The summed E-state index contributed by atoms with van der Waals surface area (Å²) >= 11 is 0. The molecule has 0 saturated carbocycles. The molecule has 0 amide bonds. The number of sulfonamides is 1. The first kappa shape index (κ1) is 16.8. The summed E-state index contributed by atoms with van der Waals surface area (Å²) in [6, 6.07) is 4.93. The molecular weight excluding hydrogens is 330 g/mol. The van der Waals surface area contributed by atoms with Crippen LogP contribution in [0.1, 0.15) is 41.8 Å². The lowest BCUT2D eigenvalue weighted by Gasteiger charge is -2.28. The number of aromatic carboxylic acids is 1. The Bertz CT molecular complexity index is 893. The molecule has 0 fully saturated rings. The lowest BCUT2D eigenvalue weighted by molar-refractivity contribution is 0.0683. The molecule has 0 bridgehead atoms. The summed E-state index contributed by atoms with van der Waals surface area (Å²) in [5.41, 5.74) is 1.40. The van der Waals surface area contributed by atoms with E-state index in [0.717, 1.165) is 5.69 Å². The molecule has 130 valence electrons. The van der Waals surface area contributed by atoms with Gasteiger partial charge in [-0.1, -0.05) is 0 Å². The number of nitrogens with zero attached hydrogens (tertiary/aromatic N) is 3. The van der Waals surface area contributed by atoms with Crippen molar-refractivity contribution < 1.29 is 18.3 Å². The van der Waals surface area contributed by atoms with Crippen LogP contribution in [0.3, 0.4) is 0 Å². The molecule has 0 radical (unpaired) electrons. The summed E-state index contributed by atoms with van der Waals surface area (Å²) < 4.78 is 31.1. The molecule has 1 aliphatic rings. The van der Waals surface area contributed by atoms with Crippen molar-refractivity contribution in [2.45, 2.75) is 44.8 Å². The third-order valence-electron chi connectivity index (χ3n) is 4.45. The van der Waals surface area contributed by atoms with E-state index in [1.165, 1.54) is 10.4 Å². The van der Waals surface area contributed by atoms with Crippen LogP contribution in [0.15, 0.2) is 29.3 Å². The van der Waals surface area contributed by atoms with E-state index in [2.05, 4.69) is 0 Å². The van der Waals surface area contributed by atoms with Gasteiger partial charge in [0.1, 0.15) is 10.6 Å². The first-order valence-electron chi connectivity index (χ1n) is 7.82. The summed E-state index contributed by atoms with van der Waals surface area (Å²) in [4.78, 5) is 11.6. The van der Waals surface area contributed by atoms with Gasteiger partial charge in [-0.15, -0.1) is 0 Å². The molecule has 3 rings (SSSR count). The van der Waals surface area contributed by atoms with E-state index in [1.54, 1.807) is 11.5 Å². The molecule has 0 aromatic carbocycles. The Morgan fingerprint density at radius 2 is 2.00 bits per heavy atom. The van der Waals surface area contributed by atoms with E-state index >= 15 is 0 Å². The molecular formula is C16H21N3O4S. The van der Waals surface area contributed by atoms with Crippen LogP contribution in [-0.4, -0.2) is 39.5 Å². The molecule has 0 atom stereocenters. The summed E-state index contributed by atoms with van der Waals surface area (Å²) in [5.74, 6) is -1.12. The van der Waals surface area contributed by atoms with Crippen LogP contribution in [0, 0.1) is 6.92 Å². The first-order chi connectivity index (χ1) is 11.2. The molecule has 0 aliphatic carbocycles. The van der Waals surface area contributed by atoms with Crippen molar-refractivity contribution in [2.75, 3.05) is 6.54 Å². The topological polar surface area (TPSA) is 84.5 Å². The second kappa shape index (κ2) is 5.78. The highest BCUT2D eigenvalue weighted by Gasteiger charge is 2.33.